The van der Waals surface area contributed by atoms with E-state index in [-0.39, 0.29) is 27.5 Å². The van der Waals surface area contributed by atoms with Crippen LogP contribution in [0.15, 0.2) is 47.4 Å². The number of halogens is 1. The van der Waals surface area contributed by atoms with Crippen LogP contribution in [0.2, 0.25) is 5.02 Å². The van der Waals surface area contributed by atoms with Crippen LogP contribution in [-0.4, -0.2) is 51.6 Å². The second-order valence-electron chi connectivity index (χ2n) is 7.18. The van der Waals surface area contributed by atoms with Gasteiger partial charge in [-0.05, 0) is 69.2 Å². The number of likely N-dealkylation sites (tertiary alicyclic amines) is 1. The first-order valence-corrected chi connectivity index (χ1v) is 12.2. The van der Waals surface area contributed by atoms with Gasteiger partial charge in [-0.2, -0.15) is 0 Å². The second kappa shape index (κ2) is 10.3. The minimum atomic E-state index is -3.91. The lowest BCUT2D eigenvalue weighted by Gasteiger charge is -2.32. The van der Waals surface area contributed by atoms with E-state index in [4.69, 9.17) is 21.1 Å². The predicted octanol–water partition coefficient (Wildman–Crippen LogP) is 4.18. The molecule has 2 aromatic carbocycles. The Balaban J connectivity index is 1.79. The van der Waals surface area contributed by atoms with Gasteiger partial charge >= 0.3 is 0 Å². The predicted molar refractivity (Wildman–Crippen MR) is 120 cm³/mol. The maximum absolute atomic E-state index is 13.1. The van der Waals surface area contributed by atoms with Crippen LogP contribution in [0.4, 0.5) is 5.69 Å². The third-order valence-corrected chi connectivity index (χ3v) is 6.67. The molecule has 1 amide bonds. The Labute approximate surface area is 188 Å². The Kier molecular flexibility index (Phi) is 7.80. The van der Waals surface area contributed by atoms with E-state index >= 15 is 0 Å². The summed E-state index contributed by atoms with van der Waals surface area (Å²) in [7, 11) is -3.91. The van der Waals surface area contributed by atoms with Crippen molar-refractivity contribution < 1.29 is 22.7 Å². The number of hydrogen-bond acceptors (Lipinski definition) is 5. The SMILES string of the molecule is CCOc1ccc(NS(=O)(=O)c2ccc(Cl)c(C(=O)N3CCCC(OCC)C3)c2)cc1. The smallest absolute Gasteiger partial charge is 0.261 e. The van der Waals surface area contributed by atoms with Gasteiger partial charge in [0.15, 0.2) is 0 Å². The molecule has 31 heavy (non-hydrogen) atoms. The van der Waals surface area contributed by atoms with Crippen LogP contribution in [0.5, 0.6) is 5.75 Å². The largest absolute Gasteiger partial charge is 0.494 e. The molecule has 1 heterocycles. The zero-order chi connectivity index (χ0) is 22.4. The first-order valence-electron chi connectivity index (χ1n) is 10.3. The lowest BCUT2D eigenvalue weighted by atomic mass is 10.1. The first-order chi connectivity index (χ1) is 14.8. The molecule has 7 nitrogen and oxygen atoms in total. The summed E-state index contributed by atoms with van der Waals surface area (Å²) in [5, 5.41) is 0.212. The first kappa shape index (κ1) is 23.4. The van der Waals surface area contributed by atoms with Crippen molar-refractivity contribution in [2.45, 2.75) is 37.7 Å². The molecule has 1 aliphatic rings. The molecule has 1 atom stereocenters. The van der Waals surface area contributed by atoms with Gasteiger partial charge in [-0.1, -0.05) is 11.6 Å². The average molecular weight is 467 g/mol. The fraction of sp³-hybridized carbons (Fsp3) is 0.409. The molecule has 168 valence electrons. The number of nitrogens with zero attached hydrogens (tertiary/aromatic N) is 1. The van der Waals surface area contributed by atoms with E-state index in [1.807, 2.05) is 13.8 Å². The summed E-state index contributed by atoms with van der Waals surface area (Å²) in [6.07, 6.45) is 1.70. The molecule has 2 aromatic rings. The van der Waals surface area contributed by atoms with Gasteiger partial charge in [0.2, 0.25) is 0 Å². The van der Waals surface area contributed by atoms with Crippen molar-refractivity contribution in [2.24, 2.45) is 0 Å². The lowest BCUT2D eigenvalue weighted by molar-refractivity contribution is 0.00724. The molecule has 1 unspecified atom stereocenters. The van der Waals surface area contributed by atoms with E-state index in [0.717, 1.165) is 12.8 Å². The Hall–Kier alpha value is -2.29. The van der Waals surface area contributed by atoms with Crippen molar-refractivity contribution in [1.82, 2.24) is 4.90 Å². The van der Waals surface area contributed by atoms with Gasteiger partial charge in [-0.25, -0.2) is 8.42 Å². The molecular formula is C22H27ClN2O5S. The van der Waals surface area contributed by atoms with Gasteiger partial charge in [0.1, 0.15) is 5.75 Å². The monoisotopic (exact) mass is 466 g/mol. The molecule has 1 aliphatic heterocycles. The molecule has 0 bridgehead atoms. The van der Waals surface area contributed by atoms with Gasteiger partial charge in [-0.15, -0.1) is 0 Å². The van der Waals surface area contributed by atoms with Crippen LogP contribution < -0.4 is 9.46 Å². The van der Waals surface area contributed by atoms with Crippen molar-refractivity contribution >= 4 is 33.2 Å². The van der Waals surface area contributed by atoms with E-state index in [1.165, 1.54) is 18.2 Å². The van der Waals surface area contributed by atoms with Crippen molar-refractivity contribution in [3.63, 3.8) is 0 Å². The number of ether oxygens (including phenoxy) is 2. The highest BCUT2D eigenvalue weighted by Gasteiger charge is 2.27. The minimum absolute atomic E-state index is 0.0188. The van der Waals surface area contributed by atoms with Crippen molar-refractivity contribution in [1.29, 1.82) is 0 Å². The van der Waals surface area contributed by atoms with E-state index < -0.39 is 10.0 Å². The fourth-order valence-corrected chi connectivity index (χ4v) is 4.78. The Morgan fingerprint density at radius 2 is 1.90 bits per heavy atom. The average Bonchev–Trinajstić information content (AvgIpc) is 2.75. The van der Waals surface area contributed by atoms with Crippen LogP contribution in [-0.2, 0) is 14.8 Å². The van der Waals surface area contributed by atoms with Crippen molar-refractivity contribution in [2.75, 3.05) is 31.0 Å². The zero-order valence-electron chi connectivity index (χ0n) is 17.6. The van der Waals surface area contributed by atoms with Gasteiger partial charge in [-0.3, -0.25) is 9.52 Å². The minimum Gasteiger partial charge on any atom is -0.494 e. The number of sulfonamides is 1. The van der Waals surface area contributed by atoms with Crippen molar-refractivity contribution in [3.8, 4) is 5.75 Å². The molecule has 0 spiro atoms. The Morgan fingerprint density at radius 3 is 2.58 bits per heavy atom. The Morgan fingerprint density at radius 1 is 1.16 bits per heavy atom. The number of nitrogens with one attached hydrogen (secondary N) is 1. The molecule has 9 heteroatoms. The van der Waals surface area contributed by atoms with E-state index in [0.29, 0.717) is 37.7 Å². The molecule has 1 saturated heterocycles. The van der Waals surface area contributed by atoms with Gasteiger partial charge in [0, 0.05) is 25.4 Å². The van der Waals surface area contributed by atoms with E-state index in [1.54, 1.807) is 29.2 Å². The number of anilines is 1. The zero-order valence-corrected chi connectivity index (χ0v) is 19.2. The third kappa shape index (κ3) is 5.90. The van der Waals surface area contributed by atoms with Crippen LogP contribution in [0.25, 0.3) is 0 Å². The summed E-state index contributed by atoms with van der Waals surface area (Å²) >= 11 is 6.26. The quantitative estimate of drug-likeness (QED) is 0.630. The van der Waals surface area contributed by atoms with Crippen LogP contribution >= 0.6 is 11.6 Å². The lowest BCUT2D eigenvalue weighted by Crippen LogP contribution is -2.43. The van der Waals surface area contributed by atoms with Crippen molar-refractivity contribution in [3.05, 3.63) is 53.1 Å². The number of carbonyl (C=O) groups is 1. The second-order valence-corrected chi connectivity index (χ2v) is 9.26. The van der Waals surface area contributed by atoms with Crippen LogP contribution in [0.1, 0.15) is 37.0 Å². The molecule has 1 N–H and O–H groups in total. The standard InChI is InChI=1S/C22H27ClN2O5S/c1-3-29-17-9-7-16(8-10-17)24-31(27,28)19-11-12-21(23)20(14-19)22(26)25-13-5-6-18(15-25)30-4-2/h7-12,14,18,24H,3-6,13,15H2,1-2H3. The number of benzene rings is 2. The normalized spacial score (nSPS) is 16.7. The number of hydrogen-bond donors (Lipinski definition) is 1. The third-order valence-electron chi connectivity index (χ3n) is 4.96. The van der Waals surface area contributed by atoms with Crippen LogP contribution in [0.3, 0.4) is 0 Å². The summed E-state index contributed by atoms with van der Waals surface area (Å²) < 4.78 is 39.3. The van der Waals surface area contributed by atoms with Gasteiger partial charge in [0.05, 0.1) is 28.2 Å². The van der Waals surface area contributed by atoms with Gasteiger partial charge in [0.25, 0.3) is 15.9 Å². The molecule has 0 aromatic heterocycles. The maximum atomic E-state index is 13.1. The number of carbonyl (C=O) groups excluding carboxylic acids is 1. The molecule has 0 saturated carbocycles. The molecular weight excluding hydrogens is 440 g/mol. The summed E-state index contributed by atoms with van der Waals surface area (Å²) in [4.78, 5) is 14.7. The highest BCUT2D eigenvalue weighted by atomic mass is 35.5. The highest BCUT2D eigenvalue weighted by Crippen LogP contribution is 2.26. The topological polar surface area (TPSA) is 84.9 Å². The summed E-state index contributed by atoms with van der Waals surface area (Å²) in [5.41, 5.74) is 0.551. The number of amides is 1. The molecule has 0 aliphatic carbocycles. The molecule has 3 rings (SSSR count). The number of rotatable bonds is 8. The highest BCUT2D eigenvalue weighted by molar-refractivity contribution is 7.92. The molecule has 0 radical (unpaired) electrons. The maximum Gasteiger partial charge on any atom is 0.261 e. The summed E-state index contributed by atoms with van der Waals surface area (Å²) in [6.45, 7) is 5.94. The van der Waals surface area contributed by atoms with E-state index in [2.05, 4.69) is 4.72 Å². The van der Waals surface area contributed by atoms with E-state index in [9.17, 15) is 13.2 Å². The number of piperidine rings is 1. The molecule has 1 fully saturated rings. The van der Waals surface area contributed by atoms with Crippen LogP contribution in [0, 0.1) is 0 Å². The summed E-state index contributed by atoms with van der Waals surface area (Å²) in [6, 6.07) is 10.7. The fourth-order valence-electron chi connectivity index (χ4n) is 3.50. The Bertz CT molecular complexity index is 1010. The van der Waals surface area contributed by atoms with Gasteiger partial charge < -0.3 is 14.4 Å². The summed E-state index contributed by atoms with van der Waals surface area (Å²) in [5.74, 6) is 0.351.